The highest BCUT2D eigenvalue weighted by atomic mass is 16.5. The molecule has 3 heterocycles. The van der Waals surface area contributed by atoms with Gasteiger partial charge < -0.3 is 19.8 Å². The van der Waals surface area contributed by atoms with Gasteiger partial charge in [0.05, 0.1) is 17.2 Å². The van der Waals surface area contributed by atoms with Crippen molar-refractivity contribution < 1.29 is 14.4 Å². The van der Waals surface area contributed by atoms with Gasteiger partial charge in [0, 0.05) is 30.6 Å². The highest BCUT2D eigenvalue weighted by Crippen LogP contribution is 2.37. The van der Waals surface area contributed by atoms with Crippen molar-refractivity contribution in [1.29, 1.82) is 0 Å². The number of nitrogens with zero attached hydrogens (tertiary/aromatic N) is 3. The Bertz CT molecular complexity index is 1060. The lowest BCUT2D eigenvalue weighted by Crippen LogP contribution is -2.58. The van der Waals surface area contributed by atoms with Crippen molar-refractivity contribution in [2.24, 2.45) is 5.41 Å². The van der Waals surface area contributed by atoms with E-state index in [2.05, 4.69) is 15.5 Å². The third kappa shape index (κ3) is 3.75. The number of aromatic nitrogens is 2. The molecule has 2 N–H and O–H groups in total. The number of aliphatic hydroxyl groups is 1. The number of rotatable bonds is 3. The van der Waals surface area contributed by atoms with Crippen LogP contribution < -0.4 is 5.32 Å². The molecule has 0 saturated carbocycles. The lowest BCUT2D eigenvalue weighted by molar-refractivity contribution is -0.0432. The Morgan fingerprint density at radius 1 is 1.16 bits per heavy atom. The van der Waals surface area contributed by atoms with Crippen LogP contribution in [0, 0.1) is 5.41 Å². The van der Waals surface area contributed by atoms with Crippen molar-refractivity contribution in [3.05, 3.63) is 60.2 Å². The second kappa shape index (κ2) is 8.24. The summed E-state index contributed by atoms with van der Waals surface area (Å²) in [7, 11) is 0. The molecule has 0 bridgehead atoms. The van der Waals surface area contributed by atoms with E-state index in [0.717, 1.165) is 37.9 Å². The van der Waals surface area contributed by atoms with Gasteiger partial charge in [-0.1, -0.05) is 47.6 Å². The summed E-state index contributed by atoms with van der Waals surface area (Å²) in [6.07, 6.45) is 2.15. The molecule has 7 nitrogen and oxygen atoms in total. The fraction of sp³-hybridized carbons (Fsp3) is 0.375. The van der Waals surface area contributed by atoms with E-state index < -0.39 is 0 Å². The maximum Gasteiger partial charge on any atom is 0.259 e. The maximum absolute atomic E-state index is 13.5. The van der Waals surface area contributed by atoms with E-state index in [9.17, 15) is 9.90 Å². The van der Waals surface area contributed by atoms with E-state index in [4.69, 9.17) is 4.52 Å². The fourth-order valence-corrected chi connectivity index (χ4v) is 4.81. The van der Waals surface area contributed by atoms with Gasteiger partial charge in [0.1, 0.15) is 0 Å². The topological polar surface area (TPSA) is 91.5 Å². The zero-order valence-corrected chi connectivity index (χ0v) is 17.3. The van der Waals surface area contributed by atoms with Gasteiger partial charge >= 0.3 is 0 Å². The molecule has 1 aromatic heterocycles. The Kier molecular flexibility index (Phi) is 5.29. The minimum Gasteiger partial charge on any atom is -0.392 e. The monoisotopic (exact) mass is 418 g/mol. The summed E-state index contributed by atoms with van der Waals surface area (Å²) in [6, 6.07) is 17.0. The Hall–Kier alpha value is -3.03. The van der Waals surface area contributed by atoms with Crippen LogP contribution in [0.3, 0.4) is 0 Å². The number of nitrogens with one attached hydrogen (secondary N) is 1. The number of hydrogen-bond acceptors (Lipinski definition) is 6. The molecular weight excluding hydrogens is 392 g/mol. The van der Waals surface area contributed by atoms with Crippen molar-refractivity contribution in [3.63, 3.8) is 0 Å². The fourth-order valence-electron chi connectivity index (χ4n) is 4.81. The summed E-state index contributed by atoms with van der Waals surface area (Å²) in [5, 5.41) is 18.2. The molecule has 0 unspecified atom stereocenters. The van der Waals surface area contributed by atoms with Gasteiger partial charge in [-0.15, -0.1) is 0 Å². The van der Waals surface area contributed by atoms with Crippen LogP contribution >= 0.6 is 0 Å². The molecule has 7 heteroatoms. The number of amides is 1. The van der Waals surface area contributed by atoms with Crippen molar-refractivity contribution in [2.45, 2.75) is 25.4 Å². The van der Waals surface area contributed by atoms with Crippen LogP contribution in [0.1, 0.15) is 29.6 Å². The molecular formula is C24H26N4O3. The van der Waals surface area contributed by atoms with Crippen LogP contribution in [0.2, 0.25) is 0 Å². The van der Waals surface area contributed by atoms with E-state index in [1.165, 1.54) is 0 Å². The van der Waals surface area contributed by atoms with Crippen LogP contribution in [0.15, 0.2) is 59.1 Å². The first kappa shape index (κ1) is 19.9. The number of benzene rings is 2. The van der Waals surface area contributed by atoms with E-state index in [1.54, 1.807) is 6.07 Å². The smallest absolute Gasteiger partial charge is 0.259 e. The first-order valence-electron chi connectivity index (χ1n) is 10.8. The zero-order chi connectivity index (χ0) is 21.3. The number of likely N-dealkylation sites (tertiary alicyclic amines) is 1. The molecule has 1 spiro atoms. The van der Waals surface area contributed by atoms with Gasteiger partial charge in [-0.3, -0.25) is 4.79 Å². The molecule has 0 aliphatic carbocycles. The molecule has 2 aromatic carbocycles. The predicted octanol–water partition coefficient (Wildman–Crippen LogP) is 2.98. The summed E-state index contributed by atoms with van der Waals surface area (Å²) in [5.74, 6) is 0.756. The van der Waals surface area contributed by atoms with Crippen LogP contribution in [0.25, 0.3) is 22.8 Å². The van der Waals surface area contributed by atoms with E-state index in [-0.39, 0.29) is 17.4 Å². The van der Waals surface area contributed by atoms with Crippen LogP contribution in [-0.4, -0.2) is 58.3 Å². The number of carbonyl (C=O) groups is 1. The van der Waals surface area contributed by atoms with Gasteiger partial charge in [-0.05, 0) is 37.9 Å². The van der Waals surface area contributed by atoms with Crippen molar-refractivity contribution >= 4 is 5.91 Å². The molecule has 0 radical (unpaired) electrons. The predicted molar refractivity (Wildman–Crippen MR) is 116 cm³/mol. The Labute approximate surface area is 181 Å². The highest BCUT2D eigenvalue weighted by Gasteiger charge is 2.44. The lowest BCUT2D eigenvalue weighted by Gasteiger charge is -2.48. The Morgan fingerprint density at radius 2 is 1.97 bits per heavy atom. The van der Waals surface area contributed by atoms with Gasteiger partial charge in [0.2, 0.25) is 5.82 Å². The number of aliphatic hydroxyl groups excluding tert-OH is 1. The average molecular weight is 418 g/mol. The van der Waals surface area contributed by atoms with E-state index in [0.29, 0.717) is 35.9 Å². The first-order chi connectivity index (χ1) is 15.2. The summed E-state index contributed by atoms with van der Waals surface area (Å²) in [6.45, 7) is 2.79. The maximum atomic E-state index is 13.5. The lowest BCUT2D eigenvalue weighted by atomic mass is 9.72. The van der Waals surface area contributed by atoms with Gasteiger partial charge in [-0.2, -0.15) is 4.98 Å². The second-order valence-electron chi connectivity index (χ2n) is 8.51. The van der Waals surface area contributed by atoms with Gasteiger partial charge in [0.25, 0.3) is 11.8 Å². The molecule has 3 aromatic rings. The van der Waals surface area contributed by atoms with E-state index in [1.807, 2.05) is 53.4 Å². The average Bonchev–Trinajstić information content (AvgIpc) is 3.32. The minimum absolute atomic E-state index is 0.0630. The highest BCUT2D eigenvalue weighted by molar-refractivity contribution is 6.00. The molecule has 5 rings (SSSR count). The second-order valence-corrected chi connectivity index (χ2v) is 8.51. The third-order valence-corrected chi connectivity index (χ3v) is 6.52. The number of carbonyl (C=O) groups excluding carboxylic acids is 1. The molecule has 160 valence electrons. The Morgan fingerprint density at radius 3 is 2.81 bits per heavy atom. The first-order valence-corrected chi connectivity index (χ1v) is 10.8. The largest absolute Gasteiger partial charge is 0.392 e. The van der Waals surface area contributed by atoms with Crippen LogP contribution in [0.5, 0.6) is 0 Å². The third-order valence-electron chi connectivity index (χ3n) is 6.52. The molecule has 1 amide bonds. The number of hydrogen-bond donors (Lipinski definition) is 2. The standard InChI is InChI=1S/C24H26N4O3/c29-20-11-13-25-15-24(20)12-6-14-28(16-24)23(30)19-10-5-4-9-18(19)22-26-21(27-31-22)17-7-2-1-3-8-17/h1-5,7-10,20,25,29H,6,11-16H2/t20-,24-/m0/s1. The Balaban J connectivity index is 1.43. The van der Waals surface area contributed by atoms with Crippen molar-refractivity contribution in [2.75, 3.05) is 26.2 Å². The normalized spacial score (nSPS) is 23.8. The summed E-state index contributed by atoms with van der Waals surface area (Å²) < 4.78 is 5.53. The van der Waals surface area contributed by atoms with E-state index >= 15 is 0 Å². The molecule has 2 saturated heterocycles. The zero-order valence-electron chi connectivity index (χ0n) is 17.3. The summed E-state index contributed by atoms with van der Waals surface area (Å²) >= 11 is 0. The number of piperidine rings is 2. The molecule has 2 aliphatic heterocycles. The molecule has 2 aliphatic rings. The molecule has 31 heavy (non-hydrogen) atoms. The van der Waals surface area contributed by atoms with Crippen LogP contribution in [0.4, 0.5) is 0 Å². The summed E-state index contributed by atoms with van der Waals surface area (Å²) in [4.78, 5) is 19.9. The summed E-state index contributed by atoms with van der Waals surface area (Å²) in [5.41, 5.74) is 1.76. The quantitative estimate of drug-likeness (QED) is 0.680. The molecule has 2 atom stereocenters. The van der Waals surface area contributed by atoms with Gasteiger partial charge in [-0.25, -0.2) is 0 Å². The minimum atomic E-state index is -0.385. The van der Waals surface area contributed by atoms with Crippen molar-refractivity contribution in [1.82, 2.24) is 20.4 Å². The van der Waals surface area contributed by atoms with Crippen molar-refractivity contribution in [3.8, 4) is 22.8 Å². The molecule has 2 fully saturated rings. The van der Waals surface area contributed by atoms with Gasteiger partial charge in [0.15, 0.2) is 0 Å². The van der Waals surface area contributed by atoms with Crippen LogP contribution in [-0.2, 0) is 0 Å². The SMILES string of the molecule is O=C(c1ccccc1-c1nc(-c2ccccc2)no1)N1CCC[C@]2(CNCC[C@@H]2O)C1.